The molecule has 0 aromatic carbocycles. The Hall–Kier alpha value is -0.480. The first-order valence-corrected chi connectivity index (χ1v) is 20.1. The van der Waals surface area contributed by atoms with Crippen molar-refractivity contribution in [3.05, 3.63) is 0 Å². The molecule has 0 aromatic rings. The Balaban J connectivity index is 1.21. The van der Waals surface area contributed by atoms with Gasteiger partial charge >= 0.3 is 0 Å². The fraction of sp³-hybridized carbons (Fsp3) is 1.00. The normalized spacial score (nSPS) is 57.7. The van der Waals surface area contributed by atoms with Crippen LogP contribution in [0.5, 0.6) is 0 Å². The van der Waals surface area contributed by atoms with Crippen molar-refractivity contribution >= 4 is 0 Å². The first kappa shape index (κ1) is 39.7. The molecule has 5 saturated carbocycles. The van der Waals surface area contributed by atoms with Crippen molar-refractivity contribution in [1.82, 2.24) is 0 Å². The molecule has 52 heavy (non-hydrogen) atoms. The second-order valence-electron chi connectivity index (χ2n) is 20.5. The minimum atomic E-state index is -1.42. The third-order valence-corrected chi connectivity index (χ3v) is 17.1. The topological polar surface area (TPSA) is 199 Å². The predicted octanol–water partition coefficient (Wildman–Crippen LogP) is 2.09. The zero-order valence-corrected chi connectivity index (χ0v) is 32.5. The van der Waals surface area contributed by atoms with E-state index in [2.05, 4.69) is 41.5 Å². The van der Waals surface area contributed by atoms with E-state index in [0.29, 0.717) is 25.2 Å². The Morgan fingerprint density at radius 3 is 1.65 bits per heavy atom. The molecule has 12 heteroatoms. The quantitative estimate of drug-likeness (QED) is 0.191. The van der Waals surface area contributed by atoms with Crippen LogP contribution in [0.1, 0.15) is 107 Å². The van der Waals surface area contributed by atoms with E-state index >= 15 is 0 Å². The summed E-state index contributed by atoms with van der Waals surface area (Å²) in [6.45, 7) is 17.3. The van der Waals surface area contributed by atoms with E-state index in [1.807, 2.05) is 13.8 Å². The van der Waals surface area contributed by atoms with Crippen LogP contribution in [0.3, 0.4) is 0 Å². The summed E-state index contributed by atoms with van der Waals surface area (Å²) in [5, 5.41) is 86.9. The highest BCUT2D eigenvalue weighted by atomic mass is 16.7. The number of hydrogen-bond donors (Lipinski definition) is 8. The van der Waals surface area contributed by atoms with E-state index in [-0.39, 0.29) is 64.6 Å². The number of ether oxygens (including phenoxy) is 4. The van der Waals surface area contributed by atoms with E-state index in [1.165, 1.54) is 0 Å². The van der Waals surface area contributed by atoms with Crippen LogP contribution < -0.4 is 0 Å². The van der Waals surface area contributed by atoms with Crippen molar-refractivity contribution in [3.8, 4) is 0 Å². The van der Waals surface area contributed by atoms with Gasteiger partial charge in [-0.1, -0.05) is 41.5 Å². The molecule has 0 bridgehead atoms. The maximum atomic E-state index is 12.5. The van der Waals surface area contributed by atoms with Gasteiger partial charge in [-0.15, -0.1) is 0 Å². The standard InChI is InChI=1S/C40H68O12/c1-35(2)26(52-34-31(47)29(45)22(43)18-50-34)12-14-38(6)25-10-9-24-37(5)13-11-19(36(3,4)48)27(37)23(51-33-30(46)28(44)21(42)17-49-33)16-40(24,8)39(25,7)15-20(41)32(35)38/h19-34,41-48H,9-18H2,1-8H3/t19-,20-,21-,22+,23-,24+,25+,26-,27+,28-,29-,30+,31+,32-,33-,34-,37+,38+,39+,40+/m0/s1. The molecule has 7 aliphatic rings. The van der Waals surface area contributed by atoms with E-state index in [9.17, 15) is 40.9 Å². The molecule has 0 spiro atoms. The van der Waals surface area contributed by atoms with Crippen LogP contribution in [0.2, 0.25) is 0 Å². The van der Waals surface area contributed by atoms with Gasteiger partial charge in [0.05, 0.1) is 37.1 Å². The molecule has 2 saturated heterocycles. The molecule has 0 amide bonds. The summed E-state index contributed by atoms with van der Waals surface area (Å²) in [6, 6.07) is 0. The van der Waals surface area contributed by atoms with Gasteiger partial charge in [-0.3, -0.25) is 0 Å². The summed E-state index contributed by atoms with van der Waals surface area (Å²) in [5.74, 6) is 0.390. The molecule has 12 nitrogen and oxygen atoms in total. The first-order valence-electron chi connectivity index (χ1n) is 20.1. The van der Waals surface area contributed by atoms with Crippen molar-refractivity contribution in [1.29, 1.82) is 0 Å². The minimum absolute atomic E-state index is 0.0223. The second kappa shape index (κ2) is 13.0. The molecule has 0 unspecified atom stereocenters. The highest BCUT2D eigenvalue weighted by Gasteiger charge is 2.74. The monoisotopic (exact) mass is 740 g/mol. The third-order valence-electron chi connectivity index (χ3n) is 17.1. The van der Waals surface area contributed by atoms with Crippen LogP contribution in [0.4, 0.5) is 0 Å². The zero-order valence-electron chi connectivity index (χ0n) is 32.5. The Kier molecular flexibility index (Phi) is 9.96. The molecular formula is C40H68O12. The lowest BCUT2D eigenvalue weighted by Crippen LogP contribution is -2.71. The lowest BCUT2D eigenvalue weighted by Gasteiger charge is -2.74. The molecule has 300 valence electrons. The van der Waals surface area contributed by atoms with Crippen molar-refractivity contribution in [3.63, 3.8) is 0 Å². The second-order valence-corrected chi connectivity index (χ2v) is 20.5. The minimum Gasteiger partial charge on any atom is -0.393 e. The molecule has 2 heterocycles. The van der Waals surface area contributed by atoms with Crippen molar-refractivity contribution in [2.45, 2.75) is 180 Å². The number of hydrogen-bond acceptors (Lipinski definition) is 12. The van der Waals surface area contributed by atoms with Gasteiger partial charge in [0, 0.05) is 0 Å². The van der Waals surface area contributed by atoms with Crippen LogP contribution in [0.25, 0.3) is 0 Å². The van der Waals surface area contributed by atoms with Gasteiger partial charge in [0.1, 0.15) is 36.6 Å². The zero-order chi connectivity index (χ0) is 38.1. The Morgan fingerprint density at radius 2 is 1.10 bits per heavy atom. The molecule has 20 atom stereocenters. The van der Waals surface area contributed by atoms with Gasteiger partial charge < -0.3 is 59.8 Å². The molecule has 0 aromatic heterocycles. The van der Waals surface area contributed by atoms with E-state index in [4.69, 9.17) is 18.9 Å². The van der Waals surface area contributed by atoms with Gasteiger partial charge in [0.2, 0.25) is 0 Å². The van der Waals surface area contributed by atoms with Gasteiger partial charge in [0.15, 0.2) is 12.6 Å². The van der Waals surface area contributed by atoms with E-state index in [0.717, 1.165) is 32.1 Å². The molecular weight excluding hydrogens is 672 g/mol. The van der Waals surface area contributed by atoms with Crippen LogP contribution in [0.15, 0.2) is 0 Å². The maximum Gasteiger partial charge on any atom is 0.186 e. The maximum absolute atomic E-state index is 12.5. The largest absolute Gasteiger partial charge is 0.393 e. The van der Waals surface area contributed by atoms with Crippen molar-refractivity contribution in [2.24, 2.45) is 56.7 Å². The van der Waals surface area contributed by atoms with E-state index < -0.39 is 72.4 Å². The van der Waals surface area contributed by atoms with Crippen molar-refractivity contribution < 1.29 is 59.8 Å². The van der Waals surface area contributed by atoms with Crippen molar-refractivity contribution in [2.75, 3.05) is 13.2 Å². The smallest absolute Gasteiger partial charge is 0.186 e. The molecule has 0 radical (unpaired) electrons. The number of aliphatic hydroxyl groups excluding tert-OH is 7. The summed E-state index contributed by atoms with van der Waals surface area (Å²) in [5.41, 5.74) is -2.48. The Labute approximate surface area is 309 Å². The lowest BCUT2D eigenvalue weighted by molar-refractivity contribution is -0.334. The third kappa shape index (κ3) is 5.66. The van der Waals surface area contributed by atoms with Crippen LogP contribution in [-0.2, 0) is 18.9 Å². The average Bonchev–Trinajstić information content (AvgIpc) is 3.42. The molecule has 5 aliphatic carbocycles. The molecule has 8 N–H and O–H groups in total. The fourth-order valence-corrected chi connectivity index (χ4v) is 14.7. The predicted molar refractivity (Wildman–Crippen MR) is 188 cm³/mol. The van der Waals surface area contributed by atoms with E-state index in [1.54, 1.807) is 0 Å². The van der Waals surface area contributed by atoms with Crippen LogP contribution in [-0.4, -0.2) is 127 Å². The summed E-state index contributed by atoms with van der Waals surface area (Å²) in [7, 11) is 0. The van der Waals surface area contributed by atoms with Gasteiger partial charge in [0.25, 0.3) is 0 Å². The summed E-state index contributed by atoms with van der Waals surface area (Å²) >= 11 is 0. The Morgan fingerprint density at radius 1 is 0.596 bits per heavy atom. The average molecular weight is 741 g/mol. The van der Waals surface area contributed by atoms with Gasteiger partial charge in [-0.2, -0.15) is 0 Å². The summed E-state index contributed by atoms with van der Waals surface area (Å²) < 4.78 is 24.7. The highest BCUT2D eigenvalue weighted by molar-refractivity contribution is 5.23. The molecule has 2 aliphatic heterocycles. The SMILES string of the molecule is CC(C)(O)[C@H]1CC[C@@]2(C)[C@H]1[C@@H](O[C@@H]1OC[C@H](O)[C@H](O)[C@H]1O)C[C@]1(C)[C@@H]2CC[C@@H]2[C@@]3(C)CC[C@H](O[C@@H]4OC[C@@H](O)[C@H](O)[C@H]4O)C(C)(C)[C@@H]3[C@@H](O)C[C@]21C. The fourth-order valence-electron chi connectivity index (χ4n) is 14.7. The van der Waals surface area contributed by atoms with Gasteiger partial charge in [-0.25, -0.2) is 0 Å². The number of aliphatic hydroxyl groups is 8. The Bertz CT molecular complexity index is 1320. The highest BCUT2D eigenvalue weighted by Crippen LogP contribution is 2.78. The van der Waals surface area contributed by atoms with Gasteiger partial charge in [-0.05, 0) is 122 Å². The van der Waals surface area contributed by atoms with Crippen LogP contribution in [0, 0.1) is 56.7 Å². The number of fused-ring (bicyclic) bond motifs is 7. The first-order chi connectivity index (χ1) is 24.0. The molecule has 7 rings (SSSR count). The van der Waals surface area contributed by atoms with Crippen LogP contribution >= 0.6 is 0 Å². The summed E-state index contributed by atoms with van der Waals surface area (Å²) in [4.78, 5) is 0. The molecule has 7 fully saturated rings. The number of rotatable bonds is 5. The lowest BCUT2D eigenvalue weighted by atomic mass is 9.31. The summed E-state index contributed by atoms with van der Waals surface area (Å²) in [6.07, 6.45) is -4.98.